The summed E-state index contributed by atoms with van der Waals surface area (Å²) in [6, 6.07) is 6.85. The molecule has 0 nitrogen and oxygen atoms in total. The predicted molar refractivity (Wildman–Crippen MR) is 79.1 cm³/mol. The molecule has 0 saturated carbocycles. The second kappa shape index (κ2) is 5.18. The monoisotopic (exact) mass is 362 g/mol. The van der Waals surface area contributed by atoms with Crippen LogP contribution in [-0.2, 0) is 17.8 Å². The van der Waals surface area contributed by atoms with Crippen molar-refractivity contribution in [3.63, 3.8) is 0 Å². The normalized spacial score (nSPS) is 16.5. The Morgan fingerprint density at radius 2 is 1.08 bits per heavy atom. The molecule has 24 heavy (non-hydrogen) atoms. The van der Waals surface area contributed by atoms with E-state index >= 15 is 0 Å². The van der Waals surface area contributed by atoms with Crippen molar-refractivity contribution in [3.05, 3.63) is 58.7 Å². The SMILES string of the molecule is CC1(C)c2ccc(C(F)(F)F)cc2Sc2cc(C(F)(F)F)ccc21. The molecule has 7 heteroatoms. The van der Waals surface area contributed by atoms with Gasteiger partial charge in [0.2, 0.25) is 0 Å². The van der Waals surface area contributed by atoms with Crippen molar-refractivity contribution in [3.8, 4) is 0 Å². The van der Waals surface area contributed by atoms with Gasteiger partial charge in [-0.15, -0.1) is 0 Å². The van der Waals surface area contributed by atoms with Crippen LogP contribution in [0.4, 0.5) is 26.3 Å². The molecule has 0 N–H and O–H groups in total. The molecule has 3 rings (SSSR count). The standard InChI is InChI=1S/C17H12F6S/c1-15(2)11-5-3-9(16(18,19)20)7-13(11)24-14-8-10(17(21,22)23)4-6-12(14)15/h3-8H,1-2H3. The lowest BCUT2D eigenvalue weighted by atomic mass is 9.77. The van der Waals surface area contributed by atoms with E-state index in [2.05, 4.69) is 0 Å². The van der Waals surface area contributed by atoms with Gasteiger partial charge in [-0.1, -0.05) is 37.7 Å². The van der Waals surface area contributed by atoms with Crippen LogP contribution in [0.5, 0.6) is 0 Å². The van der Waals surface area contributed by atoms with Gasteiger partial charge in [-0.05, 0) is 35.4 Å². The lowest BCUT2D eigenvalue weighted by molar-refractivity contribution is -0.138. The first-order valence-corrected chi connectivity index (χ1v) is 7.83. The molecule has 128 valence electrons. The molecule has 0 bridgehead atoms. The minimum Gasteiger partial charge on any atom is -0.166 e. The Kier molecular flexibility index (Phi) is 3.71. The summed E-state index contributed by atoms with van der Waals surface area (Å²) in [5.74, 6) is 0. The molecule has 0 fully saturated rings. The molecule has 0 amide bonds. The molecule has 2 aromatic carbocycles. The Morgan fingerprint density at radius 3 is 1.42 bits per heavy atom. The highest BCUT2D eigenvalue weighted by Crippen LogP contribution is 2.51. The van der Waals surface area contributed by atoms with Crippen molar-refractivity contribution in [2.45, 2.75) is 41.4 Å². The lowest BCUT2D eigenvalue weighted by Gasteiger charge is -2.35. The molecule has 1 heterocycles. The van der Waals surface area contributed by atoms with Gasteiger partial charge in [-0.3, -0.25) is 0 Å². The highest BCUT2D eigenvalue weighted by Gasteiger charge is 2.38. The highest BCUT2D eigenvalue weighted by molar-refractivity contribution is 7.99. The molecule has 0 spiro atoms. The molecule has 0 radical (unpaired) electrons. The Bertz CT molecular complexity index is 736. The van der Waals surface area contributed by atoms with E-state index in [1.54, 1.807) is 13.8 Å². The number of benzene rings is 2. The molecule has 0 unspecified atom stereocenters. The van der Waals surface area contributed by atoms with Crippen molar-refractivity contribution in [2.24, 2.45) is 0 Å². The predicted octanol–water partition coefficient (Wildman–Crippen LogP) is 6.51. The second-order valence-corrected chi connectivity index (χ2v) is 7.23. The summed E-state index contributed by atoms with van der Waals surface area (Å²) in [7, 11) is 0. The molecule has 0 atom stereocenters. The molecule has 0 aliphatic carbocycles. The van der Waals surface area contributed by atoms with Gasteiger partial charge in [0.15, 0.2) is 0 Å². The molecular formula is C17H12F6S. The van der Waals surface area contributed by atoms with Crippen LogP contribution in [0.1, 0.15) is 36.1 Å². The average Bonchev–Trinajstić information content (AvgIpc) is 2.44. The maximum atomic E-state index is 12.9. The zero-order valence-corrected chi connectivity index (χ0v) is 13.5. The van der Waals surface area contributed by atoms with E-state index in [0.717, 1.165) is 36.0 Å². The van der Waals surface area contributed by atoms with E-state index in [4.69, 9.17) is 0 Å². The van der Waals surface area contributed by atoms with Crippen LogP contribution in [-0.4, -0.2) is 0 Å². The van der Waals surface area contributed by atoms with E-state index in [9.17, 15) is 26.3 Å². The third-order valence-electron chi connectivity index (χ3n) is 4.18. The minimum absolute atomic E-state index is 0.335. The first-order valence-electron chi connectivity index (χ1n) is 7.02. The van der Waals surface area contributed by atoms with Crippen LogP contribution in [0.25, 0.3) is 0 Å². The van der Waals surface area contributed by atoms with Crippen molar-refractivity contribution in [1.29, 1.82) is 0 Å². The summed E-state index contributed by atoms with van der Waals surface area (Å²) >= 11 is 0.945. The van der Waals surface area contributed by atoms with Crippen LogP contribution < -0.4 is 0 Å². The first kappa shape index (κ1) is 17.2. The first-order chi connectivity index (χ1) is 10.9. The van der Waals surface area contributed by atoms with Gasteiger partial charge in [0, 0.05) is 15.2 Å². The molecule has 1 aliphatic heterocycles. The average molecular weight is 362 g/mol. The number of hydrogen-bond donors (Lipinski definition) is 0. The Balaban J connectivity index is 2.15. The van der Waals surface area contributed by atoms with E-state index in [0.29, 0.717) is 20.9 Å². The summed E-state index contributed by atoms with van der Waals surface area (Å²) < 4.78 is 77.5. The zero-order valence-electron chi connectivity index (χ0n) is 12.6. The van der Waals surface area contributed by atoms with E-state index < -0.39 is 28.9 Å². The largest absolute Gasteiger partial charge is 0.416 e. The summed E-state index contributed by atoms with van der Waals surface area (Å²) in [6.07, 6.45) is -8.98. The van der Waals surface area contributed by atoms with Crippen LogP contribution in [0.3, 0.4) is 0 Å². The summed E-state index contributed by atoms with van der Waals surface area (Å²) in [5.41, 5.74) is -0.940. The van der Waals surface area contributed by atoms with Crippen molar-refractivity contribution < 1.29 is 26.3 Å². The number of rotatable bonds is 0. The summed E-state index contributed by atoms with van der Waals surface area (Å²) in [5, 5.41) is 0. The molecule has 1 aliphatic rings. The molecule has 0 saturated heterocycles. The fourth-order valence-corrected chi connectivity index (χ4v) is 4.34. The zero-order chi connectivity index (χ0) is 17.9. The number of halogens is 6. The van der Waals surface area contributed by atoms with E-state index in [1.165, 1.54) is 12.1 Å². The Morgan fingerprint density at radius 1 is 0.708 bits per heavy atom. The van der Waals surface area contributed by atoms with Crippen LogP contribution in [0, 0.1) is 0 Å². The van der Waals surface area contributed by atoms with Crippen molar-refractivity contribution in [2.75, 3.05) is 0 Å². The summed E-state index contributed by atoms with van der Waals surface area (Å²) in [6.45, 7) is 3.59. The smallest absolute Gasteiger partial charge is 0.166 e. The van der Waals surface area contributed by atoms with Crippen molar-refractivity contribution >= 4 is 11.8 Å². The van der Waals surface area contributed by atoms with Crippen LogP contribution >= 0.6 is 11.8 Å². The van der Waals surface area contributed by atoms with Crippen LogP contribution in [0.15, 0.2) is 46.2 Å². The van der Waals surface area contributed by atoms with Gasteiger partial charge >= 0.3 is 12.4 Å². The fraction of sp³-hybridized carbons (Fsp3) is 0.294. The number of alkyl halides is 6. The maximum absolute atomic E-state index is 12.9. The van der Waals surface area contributed by atoms with E-state index in [-0.39, 0.29) is 0 Å². The molecule has 2 aromatic rings. The maximum Gasteiger partial charge on any atom is 0.416 e. The van der Waals surface area contributed by atoms with Gasteiger partial charge < -0.3 is 0 Å². The quantitative estimate of drug-likeness (QED) is 0.481. The minimum atomic E-state index is -4.49. The lowest BCUT2D eigenvalue weighted by Crippen LogP contribution is -2.24. The second-order valence-electron chi connectivity index (χ2n) is 6.14. The van der Waals surface area contributed by atoms with Gasteiger partial charge in [0.1, 0.15) is 0 Å². The van der Waals surface area contributed by atoms with Gasteiger partial charge in [0.25, 0.3) is 0 Å². The van der Waals surface area contributed by atoms with Gasteiger partial charge in [-0.2, -0.15) is 26.3 Å². The molecule has 0 aromatic heterocycles. The van der Waals surface area contributed by atoms with Gasteiger partial charge in [-0.25, -0.2) is 0 Å². The topological polar surface area (TPSA) is 0 Å². The number of hydrogen-bond acceptors (Lipinski definition) is 1. The Hall–Kier alpha value is -1.63. The van der Waals surface area contributed by atoms with E-state index in [1.807, 2.05) is 0 Å². The third-order valence-corrected chi connectivity index (χ3v) is 5.30. The number of fused-ring (bicyclic) bond motifs is 2. The third kappa shape index (κ3) is 2.79. The van der Waals surface area contributed by atoms with Gasteiger partial charge in [0.05, 0.1) is 11.1 Å². The fourth-order valence-electron chi connectivity index (χ4n) is 2.86. The molecular weight excluding hydrogens is 350 g/mol. The van der Waals surface area contributed by atoms with Crippen LogP contribution in [0.2, 0.25) is 0 Å². The Labute approximate surface area is 138 Å². The summed E-state index contributed by atoms with van der Waals surface area (Å²) in [4.78, 5) is 0.670. The highest BCUT2D eigenvalue weighted by atomic mass is 32.2. The van der Waals surface area contributed by atoms with Crippen molar-refractivity contribution in [1.82, 2.24) is 0 Å².